The van der Waals surface area contributed by atoms with Crippen molar-refractivity contribution in [1.82, 2.24) is 19.5 Å². The molecule has 0 bridgehead atoms. The minimum Gasteiger partial charge on any atom is -0.313 e. The zero-order valence-corrected chi connectivity index (χ0v) is 10.0. The number of aryl methyl sites for hydroxylation is 1. The number of hydrogen-bond acceptors (Lipinski definition) is 3. The minimum atomic E-state index is 0.388. The number of hydrogen-bond donors (Lipinski definition) is 0. The van der Waals surface area contributed by atoms with Crippen molar-refractivity contribution in [2.75, 3.05) is 0 Å². The molecule has 0 spiro atoms. The van der Waals surface area contributed by atoms with E-state index in [2.05, 4.69) is 28.8 Å². The second-order valence-corrected chi connectivity index (χ2v) is 3.38. The first-order valence-corrected chi connectivity index (χ1v) is 5.34. The summed E-state index contributed by atoms with van der Waals surface area (Å²) in [5.41, 5.74) is 2.75. The third kappa shape index (κ3) is 2.14. The Morgan fingerprint density at radius 1 is 1.13 bits per heavy atom. The van der Waals surface area contributed by atoms with E-state index in [0.717, 1.165) is 16.9 Å². The fourth-order valence-corrected chi connectivity index (χ4v) is 1.35. The van der Waals surface area contributed by atoms with Crippen LogP contribution in [0.4, 0.5) is 0 Å². The molecule has 0 saturated carbocycles. The molecule has 0 radical (unpaired) electrons. The molecular weight excluding hydrogens is 188 g/mol. The van der Waals surface area contributed by atoms with Crippen LogP contribution in [0.15, 0.2) is 12.7 Å². The van der Waals surface area contributed by atoms with Crippen molar-refractivity contribution in [1.29, 1.82) is 0 Å². The van der Waals surface area contributed by atoms with Gasteiger partial charge in [-0.15, -0.1) is 0 Å². The Morgan fingerprint density at radius 3 is 2.40 bits per heavy atom. The summed E-state index contributed by atoms with van der Waals surface area (Å²) in [6, 6.07) is 0.388. The highest BCUT2D eigenvalue weighted by molar-refractivity contribution is 5.72. The molecule has 15 heavy (non-hydrogen) atoms. The molecular formula is C11H18N4. The van der Waals surface area contributed by atoms with Gasteiger partial charge in [-0.05, 0) is 20.8 Å². The molecule has 2 rings (SSSR count). The van der Waals surface area contributed by atoms with E-state index in [4.69, 9.17) is 0 Å². The van der Waals surface area contributed by atoms with Crippen molar-refractivity contribution in [3.05, 3.63) is 18.3 Å². The Hall–Kier alpha value is -1.45. The van der Waals surface area contributed by atoms with Gasteiger partial charge in [0.25, 0.3) is 0 Å². The van der Waals surface area contributed by atoms with Crippen LogP contribution < -0.4 is 0 Å². The van der Waals surface area contributed by atoms with Crippen LogP contribution >= 0.6 is 0 Å². The third-order valence-electron chi connectivity index (χ3n) is 2.10. The summed E-state index contributed by atoms with van der Waals surface area (Å²) in [6.45, 7) is 10.2. The normalized spacial score (nSPS) is 10.3. The van der Waals surface area contributed by atoms with Gasteiger partial charge in [0.1, 0.15) is 11.8 Å². The maximum atomic E-state index is 4.28. The summed E-state index contributed by atoms with van der Waals surface area (Å²) in [7, 11) is 0. The van der Waals surface area contributed by atoms with Crippen molar-refractivity contribution in [2.45, 2.75) is 40.7 Å². The zero-order chi connectivity index (χ0) is 11.4. The topological polar surface area (TPSA) is 43.6 Å². The van der Waals surface area contributed by atoms with E-state index in [9.17, 15) is 0 Å². The lowest BCUT2D eigenvalue weighted by Crippen LogP contribution is -2.00. The summed E-state index contributed by atoms with van der Waals surface area (Å²) in [6.07, 6.45) is 3.40. The molecule has 0 fully saturated rings. The standard InChI is InChI=1S/C9H12N4.C2H6/c1-6(2)13-5-12-8-7(3)10-4-11-9(8)13;1-2/h4-6H,1-3H3;1-2H3. The Bertz CT molecular complexity index is 431. The average molecular weight is 206 g/mol. The van der Waals surface area contributed by atoms with E-state index in [1.807, 2.05) is 31.7 Å². The van der Waals surface area contributed by atoms with E-state index in [1.165, 1.54) is 0 Å². The first kappa shape index (κ1) is 11.6. The van der Waals surface area contributed by atoms with Crippen molar-refractivity contribution in [3.63, 3.8) is 0 Å². The van der Waals surface area contributed by atoms with E-state index >= 15 is 0 Å². The van der Waals surface area contributed by atoms with Crippen LogP contribution in [0.5, 0.6) is 0 Å². The first-order valence-electron chi connectivity index (χ1n) is 5.34. The number of imidazole rings is 1. The highest BCUT2D eigenvalue weighted by Gasteiger charge is 2.08. The molecule has 0 saturated heterocycles. The van der Waals surface area contributed by atoms with E-state index < -0.39 is 0 Å². The largest absolute Gasteiger partial charge is 0.313 e. The highest BCUT2D eigenvalue weighted by Crippen LogP contribution is 2.15. The van der Waals surface area contributed by atoms with Crippen LogP contribution in [0.25, 0.3) is 11.2 Å². The van der Waals surface area contributed by atoms with Crippen molar-refractivity contribution < 1.29 is 0 Å². The molecule has 2 aromatic rings. The predicted octanol–water partition coefficient (Wildman–Crippen LogP) is 2.74. The average Bonchev–Trinajstić information content (AvgIpc) is 2.66. The van der Waals surface area contributed by atoms with E-state index in [1.54, 1.807) is 6.33 Å². The fourth-order valence-electron chi connectivity index (χ4n) is 1.35. The maximum Gasteiger partial charge on any atom is 0.163 e. The third-order valence-corrected chi connectivity index (χ3v) is 2.10. The predicted molar refractivity (Wildman–Crippen MR) is 61.8 cm³/mol. The Morgan fingerprint density at radius 2 is 1.80 bits per heavy atom. The Balaban J connectivity index is 0.000000531. The highest BCUT2D eigenvalue weighted by atomic mass is 15.1. The molecule has 0 aliphatic carbocycles. The molecule has 0 aromatic carbocycles. The summed E-state index contributed by atoms with van der Waals surface area (Å²) in [4.78, 5) is 12.6. The van der Waals surface area contributed by atoms with Gasteiger partial charge in [-0.3, -0.25) is 0 Å². The van der Waals surface area contributed by atoms with E-state index in [-0.39, 0.29) is 0 Å². The van der Waals surface area contributed by atoms with Gasteiger partial charge in [-0.25, -0.2) is 15.0 Å². The molecule has 0 unspecified atom stereocenters. The quantitative estimate of drug-likeness (QED) is 0.720. The number of rotatable bonds is 1. The minimum absolute atomic E-state index is 0.388. The summed E-state index contributed by atoms with van der Waals surface area (Å²) in [5, 5.41) is 0. The molecule has 0 aliphatic heterocycles. The van der Waals surface area contributed by atoms with Gasteiger partial charge in [0.2, 0.25) is 0 Å². The molecule has 2 heterocycles. The Labute approximate surface area is 90.4 Å². The fraction of sp³-hybridized carbons (Fsp3) is 0.545. The van der Waals surface area contributed by atoms with Crippen molar-refractivity contribution in [3.8, 4) is 0 Å². The van der Waals surface area contributed by atoms with Crippen LogP contribution in [0.1, 0.15) is 39.4 Å². The van der Waals surface area contributed by atoms with E-state index in [0.29, 0.717) is 6.04 Å². The molecule has 0 aliphatic rings. The SMILES string of the molecule is CC.Cc1ncnc2c1ncn2C(C)C. The second-order valence-electron chi connectivity index (χ2n) is 3.38. The van der Waals surface area contributed by atoms with Gasteiger partial charge >= 0.3 is 0 Å². The molecule has 0 amide bonds. The van der Waals surface area contributed by atoms with Gasteiger partial charge in [0.15, 0.2) is 5.65 Å². The van der Waals surface area contributed by atoms with Gasteiger partial charge in [-0.1, -0.05) is 13.8 Å². The molecule has 4 nitrogen and oxygen atoms in total. The van der Waals surface area contributed by atoms with Crippen LogP contribution in [-0.4, -0.2) is 19.5 Å². The molecule has 0 atom stereocenters. The van der Waals surface area contributed by atoms with Gasteiger partial charge < -0.3 is 4.57 Å². The lowest BCUT2D eigenvalue weighted by molar-refractivity contribution is 0.612. The maximum absolute atomic E-state index is 4.28. The van der Waals surface area contributed by atoms with Crippen molar-refractivity contribution in [2.24, 2.45) is 0 Å². The van der Waals surface area contributed by atoms with Gasteiger partial charge in [0.05, 0.1) is 12.0 Å². The number of aromatic nitrogens is 4. The summed E-state index contributed by atoms with van der Waals surface area (Å²) in [5.74, 6) is 0. The second kappa shape index (κ2) is 4.87. The Kier molecular flexibility index (Phi) is 3.77. The van der Waals surface area contributed by atoms with Crippen LogP contribution in [-0.2, 0) is 0 Å². The van der Waals surface area contributed by atoms with Crippen LogP contribution in [0.2, 0.25) is 0 Å². The molecule has 2 aromatic heterocycles. The smallest absolute Gasteiger partial charge is 0.163 e. The van der Waals surface area contributed by atoms with Gasteiger partial charge in [0, 0.05) is 6.04 Å². The number of nitrogens with zero attached hydrogens (tertiary/aromatic N) is 4. The lowest BCUT2D eigenvalue weighted by atomic mass is 10.3. The van der Waals surface area contributed by atoms with Crippen LogP contribution in [0.3, 0.4) is 0 Å². The number of fused-ring (bicyclic) bond motifs is 1. The van der Waals surface area contributed by atoms with Crippen molar-refractivity contribution >= 4 is 11.2 Å². The molecule has 4 heteroatoms. The monoisotopic (exact) mass is 206 g/mol. The summed E-state index contributed by atoms with van der Waals surface area (Å²) >= 11 is 0. The lowest BCUT2D eigenvalue weighted by Gasteiger charge is -2.06. The molecule has 82 valence electrons. The summed E-state index contributed by atoms with van der Waals surface area (Å²) < 4.78 is 2.05. The first-order chi connectivity index (χ1) is 7.20. The zero-order valence-electron chi connectivity index (χ0n) is 10.0. The molecule has 0 N–H and O–H groups in total. The van der Waals surface area contributed by atoms with Gasteiger partial charge in [-0.2, -0.15) is 0 Å². The van der Waals surface area contributed by atoms with Crippen LogP contribution in [0, 0.1) is 6.92 Å².